The summed E-state index contributed by atoms with van der Waals surface area (Å²) >= 11 is 0. The van der Waals surface area contributed by atoms with Crippen molar-refractivity contribution in [2.24, 2.45) is 0 Å². The lowest BCUT2D eigenvalue weighted by atomic mass is 9.81. The Morgan fingerprint density at radius 3 is 2.19 bits per heavy atom. The average Bonchev–Trinajstić information content (AvgIpc) is 2.69. The van der Waals surface area contributed by atoms with E-state index in [4.69, 9.17) is 4.74 Å². The Hall–Kier alpha value is -2.80. The van der Waals surface area contributed by atoms with Crippen LogP contribution in [-0.2, 0) is 9.53 Å². The van der Waals surface area contributed by atoms with E-state index in [1.165, 1.54) is 12.1 Å². The molecule has 0 saturated carbocycles. The molecule has 134 valence electrons. The zero-order valence-corrected chi connectivity index (χ0v) is 13.7. The number of Topliss-reactive ketones (excluding diaryl/α,β-unsaturated/α-hetero) is 2. The lowest BCUT2D eigenvalue weighted by molar-refractivity contribution is -0.153. The predicted octanol–water partition coefficient (Wildman–Crippen LogP) is 1.18. The quantitative estimate of drug-likeness (QED) is 0.697. The molecule has 0 amide bonds. The van der Waals surface area contributed by atoms with Gasteiger partial charge in [-0.3, -0.25) is 9.59 Å². The van der Waals surface area contributed by atoms with Gasteiger partial charge < -0.3 is 20.1 Å². The van der Waals surface area contributed by atoms with Crippen LogP contribution in [0, 0.1) is 0 Å². The molecule has 3 rings (SSSR count). The smallest absolute Gasteiger partial charge is 0.208 e. The first-order valence-corrected chi connectivity index (χ1v) is 8.05. The second kappa shape index (κ2) is 7.21. The van der Waals surface area contributed by atoms with E-state index >= 15 is 0 Å². The summed E-state index contributed by atoms with van der Waals surface area (Å²) in [6.07, 6.45) is -3.02. The van der Waals surface area contributed by atoms with Crippen molar-refractivity contribution < 1.29 is 29.6 Å². The van der Waals surface area contributed by atoms with Gasteiger partial charge in [0.2, 0.25) is 11.6 Å². The van der Waals surface area contributed by atoms with Crippen LogP contribution in [0.5, 0.6) is 0 Å². The Kier molecular flexibility index (Phi) is 4.99. The standard InChI is InChI=1S/C20H18O6/c21-15(13-7-3-1-4-8-13)16(22)17-19(24)20(25,11-12-26-17)18(23)14-9-5-2-6-10-14/h1-12,15,17,19,21,24-25H/t15?,17-,19-,20+/m1/s1. The minimum Gasteiger partial charge on any atom is -0.487 e. The lowest BCUT2D eigenvalue weighted by Gasteiger charge is -2.36. The molecule has 0 aliphatic carbocycles. The van der Waals surface area contributed by atoms with Gasteiger partial charge in [-0.25, -0.2) is 0 Å². The molecule has 1 unspecified atom stereocenters. The molecule has 1 heterocycles. The molecular formula is C20H18O6. The molecule has 0 aromatic heterocycles. The van der Waals surface area contributed by atoms with Crippen LogP contribution in [0.3, 0.4) is 0 Å². The molecule has 0 bridgehead atoms. The van der Waals surface area contributed by atoms with Crippen molar-refractivity contribution >= 4 is 11.6 Å². The van der Waals surface area contributed by atoms with E-state index in [9.17, 15) is 24.9 Å². The topological polar surface area (TPSA) is 104 Å². The van der Waals surface area contributed by atoms with Gasteiger partial charge in [0.15, 0.2) is 11.7 Å². The van der Waals surface area contributed by atoms with E-state index in [1.807, 2.05) is 0 Å². The molecule has 0 fully saturated rings. The molecule has 3 N–H and O–H groups in total. The van der Waals surface area contributed by atoms with Crippen LogP contribution in [0.4, 0.5) is 0 Å². The van der Waals surface area contributed by atoms with Gasteiger partial charge in [0.25, 0.3) is 0 Å². The van der Waals surface area contributed by atoms with Crippen molar-refractivity contribution in [3.8, 4) is 0 Å². The van der Waals surface area contributed by atoms with E-state index in [1.54, 1.807) is 48.5 Å². The van der Waals surface area contributed by atoms with Crippen molar-refractivity contribution in [1.82, 2.24) is 0 Å². The zero-order chi connectivity index (χ0) is 18.7. The number of aliphatic hydroxyl groups excluding tert-OH is 2. The minimum absolute atomic E-state index is 0.176. The maximum atomic E-state index is 12.6. The first-order valence-electron chi connectivity index (χ1n) is 8.05. The summed E-state index contributed by atoms with van der Waals surface area (Å²) in [4.78, 5) is 25.2. The Balaban J connectivity index is 1.86. The van der Waals surface area contributed by atoms with Gasteiger partial charge in [0, 0.05) is 5.56 Å². The summed E-state index contributed by atoms with van der Waals surface area (Å²) in [7, 11) is 0. The number of hydrogen-bond acceptors (Lipinski definition) is 6. The number of hydrogen-bond donors (Lipinski definition) is 3. The summed E-state index contributed by atoms with van der Waals surface area (Å²) in [6, 6.07) is 16.1. The van der Waals surface area contributed by atoms with E-state index in [-0.39, 0.29) is 5.56 Å². The van der Waals surface area contributed by atoms with Crippen LogP contribution in [-0.4, -0.2) is 44.7 Å². The normalized spacial score (nSPS) is 26.0. The highest BCUT2D eigenvalue weighted by Gasteiger charge is 2.51. The number of aliphatic hydroxyl groups is 3. The molecule has 0 saturated heterocycles. The third-order valence-electron chi connectivity index (χ3n) is 4.35. The van der Waals surface area contributed by atoms with Crippen molar-refractivity contribution in [1.29, 1.82) is 0 Å². The molecule has 6 heteroatoms. The second-order valence-electron chi connectivity index (χ2n) is 6.04. The van der Waals surface area contributed by atoms with E-state index in [0.717, 1.165) is 12.3 Å². The fourth-order valence-corrected chi connectivity index (χ4v) is 2.84. The van der Waals surface area contributed by atoms with Gasteiger partial charge in [-0.2, -0.15) is 0 Å². The minimum atomic E-state index is -2.34. The van der Waals surface area contributed by atoms with Crippen LogP contribution in [0.25, 0.3) is 0 Å². The number of ketones is 2. The van der Waals surface area contributed by atoms with Gasteiger partial charge >= 0.3 is 0 Å². The zero-order valence-electron chi connectivity index (χ0n) is 13.7. The van der Waals surface area contributed by atoms with Gasteiger partial charge in [-0.05, 0) is 11.6 Å². The van der Waals surface area contributed by atoms with Crippen molar-refractivity contribution in [2.75, 3.05) is 0 Å². The van der Waals surface area contributed by atoms with Gasteiger partial charge in [0.05, 0.1) is 6.26 Å². The molecule has 2 aromatic carbocycles. The molecule has 4 atom stereocenters. The van der Waals surface area contributed by atoms with Crippen LogP contribution >= 0.6 is 0 Å². The summed E-state index contributed by atoms with van der Waals surface area (Å²) < 4.78 is 5.12. The van der Waals surface area contributed by atoms with Crippen LogP contribution in [0.15, 0.2) is 73.0 Å². The number of rotatable bonds is 5. The largest absolute Gasteiger partial charge is 0.487 e. The first kappa shape index (κ1) is 18.0. The first-order chi connectivity index (χ1) is 12.4. The molecule has 6 nitrogen and oxygen atoms in total. The van der Waals surface area contributed by atoms with Crippen molar-refractivity contribution in [2.45, 2.75) is 23.9 Å². The van der Waals surface area contributed by atoms with Crippen molar-refractivity contribution in [3.05, 3.63) is 84.1 Å². The molecule has 0 spiro atoms. The molecule has 0 radical (unpaired) electrons. The fraction of sp³-hybridized carbons (Fsp3) is 0.200. The molecule has 1 aliphatic rings. The number of benzene rings is 2. The summed E-state index contributed by atoms with van der Waals surface area (Å²) in [5.41, 5.74) is -1.84. The maximum absolute atomic E-state index is 12.6. The third-order valence-corrected chi connectivity index (χ3v) is 4.35. The predicted molar refractivity (Wildman–Crippen MR) is 92.2 cm³/mol. The maximum Gasteiger partial charge on any atom is 0.208 e. The molecule has 2 aromatic rings. The fourth-order valence-electron chi connectivity index (χ4n) is 2.84. The molecule has 1 aliphatic heterocycles. The van der Waals surface area contributed by atoms with Crippen molar-refractivity contribution in [3.63, 3.8) is 0 Å². The van der Waals surface area contributed by atoms with Gasteiger partial charge in [0.1, 0.15) is 12.2 Å². The summed E-state index contributed by atoms with van der Waals surface area (Å²) in [5, 5.41) is 31.5. The Morgan fingerprint density at radius 2 is 1.58 bits per heavy atom. The number of carbonyl (C=O) groups is 2. The van der Waals surface area contributed by atoms with Gasteiger partial charge in [-0.15, -0.1) is 0 Å². The van der Waals surface area contributed by atoms with Gasteiger partial charge in [-0.1, -0.05) is 60.7 Å². The Labute approximate surface area is 150 Å². The van der Waals surface area contributed by atoms with E-state index < -0.39 is 35.5 Å². The molecular weight excluding hydrogens is 336 g/mol. The van der Waals surface area contributed by atoms with E-state index in [0.29, 0.717) is 5.56 Å². The SMILES string of the molecule is O=C(C(O)c1ccccc1)[C@H]1OC=C[C@](O)(C(=O)c2ccccc2)[C@@H]1O. The Bertz CT molecular complexity index is 817. The average molecular weight is 354 g/mol. The molecule has 26 heavy (non-hydrogen) atoms. The summed E-state index contributed by atoms with van der Waals surface area (Å²) in [6.45, 7) is 0. The number of carbonyl (C=O) groups excluding carboxylic acids is 2. The third kappa shape index (κ3) is 3.17. The highest BCUT2D eigenvalue weighted by Crippen LogP contribution is 2.30. The Morgan fingerprint density at radius 1 is 1.00 bits per heavy atom. The van der Waals surface area contributed by atoms with Crippen LogP contribution < -0.4 is 0 Å². The highest BCUT2D eigenvalue weighted by molar-refractivity contribution is 6.05. The summed E-state index contributed by atoms with van der Waals surface area (Å²) in [5.74, 6) is -1.62. The van der Waals surface area contributed by atoms with Crippen LogP contribution in [0.1, 0.15) is 22.0 Å². The second-order valence-corrected chi connectivity index (χ2v) is 6.04. The lowest BCUT2D eigenvalue weighted by Crippen LogP contribution is -2.58. The van der Waals surface area contributed by atoms with E-state index in [2.05, 4.69) is 0 Å². The number of ether oxygens (including phenoxy) is 1. The monoisotopic (exact) mass is 354 g/mol. The van der Waals surface area contributed by atoms with Crippen LogP contribution in [0.2, 0.25) is 0 Å². The highest BCUT2D eigenvalue weighted by atomic mass is 16.5.